The van der Waals surface area contributed by atoms with E-state index in [9.17, 15) is 4.79 Å². The Morgan fingerprint density at radius 3 is 2.78 bits per heavy atom. The first-order valence-electron chi connectivity index (χ1n) is 5.59. The number of aromatic nitrogens is 3. The molecule has 0 fully saturated rings. The van der Waals surface area contributed by atoms with Crippen LogP contribution in [0.3, 0.4) is 0 Å². The maximum absolute atomic E-state index is 11.7. The Hall–Kier alpha value is -2.56. The Balaban J connectivity index is 2.29. The van der Waals surface area contributed by atoms with E-state index < -0.39 is 0 Å². The van der Waals surface area contributed by atoms with Gasteiger partial charge in [0, 0.05) is 16.5 Å². The minimum atomic E-state index is -0.212. The van der Waals surface area contributed by atoms with Crippen molar-refractivity contribution in [1.29, 1.82) is 0 Å². The Labute approximate surface area is 103 Å². The van der Waals surface area contributed by atoms with Gasteiger partial charge in [0.05, 0.1) is 11.4 Å². The van der Waals surface area contributed by atoms with E-state index in [-0.39, 0.29) is 11.5 Å². The van der Waals surface area contributed by atoms with E-state index in [1.165, 1.54) is 0 Å². The van der Waals surface area contributed by atoms with Crippen LogP contribution < -0.4 is 11.3 Å². The molecule has 0 spiro atoms. The SMILES string of the molecule is Cc1c(-c2cc3ccccc3[nH]2)nc(N)[nH]c1=O. The van der Waals surface area contributed by atoms with E-state index in [1.54, 1.807) is 6.92 Å². The van der Waals surface area contributed by atoms with Crippen LogP contribution in [0.2, 0.25) is 0 Å². The second-order valence-corrected chi connectivity index (χ2v) is 4.20. The molecular weight excluding hydrogens is 228 g/mol. The number of para-hydroxylation sites is 1. The molecule has 5 heteroatoms. The van der Waals surface area contributed by atoms with Crippen molar-refractivity contribution < 1.29 is 0 Å². The van der Waals surface area contributed by atoms with Crippen molar-refractivity contribution in [3.05, 3.63) is 46.2 Å². The second kappa shape index (κ2) is 3.73. The standard InChI is InChI=1S/C13H12N4O/c1-7-11(16-13(14)17-12(7)18)10-6-8-4-2-3-5-9(8)15-10/h2-6,15H,1H3,(H3,14,16,17,18). The van der Waals surface area contributed by atoms with Crippen molar-refractivity contribution in [3.8, 4) is 11.4 Å². The van der Waals surface area contributed by atoms with Crippen LogP contribution in [0.25, 0.3) is 22.3 Å². The molecule has 90 valence electrons. The van der Waals surface area contributed by atoms with Gasteiger partial charge in [0.15, 0.2) is 0 Å². The van der Waals surface area contributed by atoms with Gasteiger partial charge in [-0.1, -0.05) is 18.2 Å². The zero-order valence-electron chi connectivity index (χ0n) is 9.82. The minimum Gasteiger partial charge on any atom is -0.369 e. The van der Waals surface area contributed by atoms with Gasteiger partial charge in [0.25, 0.3) is 5.56 Å². The van der Waals surface area contributed by atoms with Crippen LogP contribution in [0.1, 0.15) is 5.56 Å². The van der Waals surface area contributed by atoms with Crippen molar-refractivity contribution >= 4 is 16.9 Å². The summed E-state index contributed by atoms with van der Waals surface area (Å²) in [7, 11) is 0. The van der Waals surface area contributed by atoms with Gasteiger partial charge in [-0.25, -0.2) is 4.98 Å². The van der Waals surface area contributed by atoms with Gasteiger partial charge in [-0.15, -0.1) is 0 Å². The molecule has 0 aliphatic rings. The lowest BCUT2D eigenvalue weighted by atomic mass is 10.2. The lowest BCUT2D eigenvalue weighted by molar-refractivity contribution is 1.09. The van der Waals surface area contributed by atoms with Crippen molar-refractivity contribution in [2.45, 2.75) is 6.92 Å². The van der Waals surface area contributed by atoms with E-state index in [1.807, 2.05) is 30.3 Å². The van der Waals surface area contributed by atoms with Crippen LogP contribution in [0.5, 0.6) is 0 Å². The number of H-pyrrole nitrogens is 2. The summed E-state index contributed by atoms with van der Waals surface area (Å²) in [4.78, 5) is 21.6. The zero-order valence-corrected chi connectivity index (χ0v) is 9.82. The highest BCUT2D eigenvalue weighted by molar-refractivity contribution is 5.85. The summed E-state index contributed by atoms with van der Waals surface area (Å²) in [6.45, 7) is 1.73. The number of hydrogen-bond acceptors (Lipinski definition) is 3. The summed E-state index contributed by atoms with van der Waals surface area (Å²) < 4.78 is 0. The smallest absolute Gasteiger partial charge is 0.255 e. The predicted octanol–water partition coefficient (Wildman–Crippen LogP) is 1.81. The lowest BCUT2D eigenvalue weighted by Gasteiger charge is -2.02. The maximum Gasteiger partial charge on any atom is 0.255 e. The number of aromatic amines is 2. The van der Waals surface area contributed by atoms with Crippen molar-refractivity contribution in [2.24, 2.45) is 0 Å². The average Bonchev–Trinajstić information content (AvgIpc) is 2.77. The molecular formula is C13H12N4O. The van der Waals surface area contributed by atoms with Crippen LogP contribution in [-0.4, -0.2) is 15.0 Å². The Kier molecular flexibility index (Phi) is 2.19. The highest BCUT2D eigenvalue weighted by atomic mass is 16.1. The molecule has 4 N–H and O–H groups in total. The molecule has 0 aliphatic carbocycles. The number of nitrogen functional groups attached to an aromatic ring is 1. The Morgan fingerprint density at radius 1 is 1.22 bits per heavy atom. The molecule has 0 unspecified atom stereocenters. The van der Waals surface area contributed by atoms with Crippen LogP contribution in [-0.2, 0) is 0 Å². The van der Waals surface area contributed by atoms with E-state index in [2.05, 4.69) is 15.0 Å². The molecule has 18 heavy (non-hydrogen) atoms. The van der Waals surface area contributed by atoms with E-state index >= 15 is 0 Å². The minimum absolute atomic E-state index is 0.124. The summed E-state index contributed by atoms with van der Waals surface area (Å²) in [6, 6.07) is 9.86. The summed E-state index contributed by atoms with van der Waals surface area (Å²) in [5.41, 5.74) is 8.31. The highest BCUT2D eigenvalue weighted by Crippen LogP contribution is 2.23. The maximum atomic E-state index is 11.7. The van der Waals surface area contributed by atoms with Gasteiger partial charge >= 0.3 is 0 Å². The molecule has 0 saturated heterocycles. The largest absolute Gasteiger partial charge is 0.369 e. The fraction of sp³-hybridized carbons (Fsp3) is 0.0769. The van der Waals surface area contributed by atoms with Gasteiger partial charge in [0.1, 0.15) is 0 Å². The molecule has 2 heterocycles. The Morgan fingerprint density at radius 2 is 2.00 bits per heavy atom. The molecule has 1 aromatic carbocycles. The molecule has 5 nitrogen and oxygen atoms in total. The van der Waals surface area contributed by atoms with Gasteiger partial charge in [-0.2, -0.15) is 0 Å². The van der Waals surface area contributed by atoms with Crippen LogP contribution in [0.4, 0.5) is 5.95 Å². The molecule has 0 atom stereocenters. The molecule has 0 saturated carbocycles. The normalized spacial score (nSPS) is 10.9. The third-order valence-corrected chi connectivity index (χ3v) is 2.95. The van der Waals surface area contributed by atoms with E-state index in [0.717, 1.165) is 16.6 Å². The number of anilines is 1. The molecule has 0 aliphatic heterocycles. The van der Waals surface area contributed by atoms with Crippen molar-refractivity contribution in [2.75, 3.05) is 5.73 Å². The monoisotopic (exact) mass is 240 g/mol. The van der Waals surface area contributed by atoms with Gasteiger partial charge in [0.2, 0.25) is 5.95 Å². The van der Waals surface area contributed by atoms with Gasteiger partial charge in [-0.3, -0.25) is 9.78 Å². The average molecular weight is 240 g/mol. The first-order chi connectivity index (χ1) is 8.65. The third kappa shape index (κ3) is 1.57. The summed E-state index contributed by atoms with van der Waals surface area (Å²) in [5, 5.41) is 1.08. The fourth-order valence-corrected chi connectivity index (χ4v) is 2.01. The number of benzene rings is 1. The predicted molar refractivity (Wildman–Crippen MR) is 71.3 cm³/mol. The molecule has 0 amide bonds. The highest BCUT2D eigenvalue weighted by Gasteiger charge is 2.10. The van der Waals surface area contributed by atoms with Crippen molar-refractivity contribution in [3.63, 3.8) is 0 Å². The van der Waals surface area contributed by atoms with Crippen LogP contribution >= 0.6 is 0 Å². The summed E-state index contributed by atoms with van der Waals surface area (Å²) >= 11 is 0. The molecule has 2 aromatic heterocycles. The Bertz CT molecular complexity index is 752. The number of nitrogens with one attached hydrogen (secondary N) is 2. The molecule has 0 bridgehead atoms. The number of rotatable bonds is 1. The quantitative estimate of drug-likeness (QED) is 0.606. The molecule has 0 radical (unpaired) electrons. The van der Waals surface area contributed by atoms with E-state index in [4.69, 9.17) is 5.73 Å². The van der Waals surface area contributed by atoms with E-state index in [0.29, 0.717) is 11.3 Å². The number of nitrogens with two attached hydrogens (primary N) is 1. The topological polar surface area (TPSA) is 87.6 Å². The third-order valence-electron chi connectivity index (χ3n) is 2.95. The van der Waals surface area contributed by atoms with Crippen LogP contribution in [0.15, 0.2) is 35.1 Å². The zero-order chi connectivity index (χ0) is 12.7. The second-order valence-electron chi connectivity index (χ2n) is 4.20. The first-order valence-corrected chi connectivity index (χ1v) is 5.59. The molecule has 3 aromatic rings. The number of nitrogens with zero attached hydrogens (tertiary/aromatic N) is 1. The van der Waals surface area contributed by atoms with Gasteiger partial charge < -0.3 is 10.7 Å². The summed E-state index contributed by atoms with van der Waals surface area (Å²) in [6.07, 6.45) is 0. The summed E-state index contributed by atoms with van der Waals surface area (Å²) in [5.74, 6) is 0.124. The van der Waals surface area contributed by atoms with Crippen molar-refractivity contribution in [1.82, 2.24) is 15.0 Å². The lowest BCUT2D eigenvalue weighted by Crippen LogP contribution is -2.15. The fourth-order valence-electron chi connectivity index (χ4n) is 2.01. The number of fused-ring (bicyclic) bond motifs is 1. The number of hydrogen-bond donors (Lipinski definition) is 3. The first kappa shape index (κ1) is 10.6. The van der Waals surface area contributed by atoms with Crippen LogP contribution in [0, 0.1) is 6.92 Å². The molecule has 3 rings (SSSR count). The van der Waals surface area contributed by atoms with Gasteiger partial charge in [-0.05, 0) is 19.1 Å².